The molecule has 1 aliphatic rings. The van der Waals surface area contributed by atoms with E-state index >= 15 is 0 Å². The molecule has 1 aromatic carbocycles. The number of hydrogen-bond acceptors (Lipinski definition) is 2. The van der Waals surface area contributed by atoms with E-state index in [1.54, 1.807) is 0 Å². The van der Waals surface area contributed by atoms with Gasteiger partial charge < -0.3 is 0 Å². The van der Waals surface area contributed by atoms with Gasteiger partial charge in [-0.1, -0.05) is 18.2 Å². The van der Waals surface area contributed by atoms with Crippen LogP contribution in [-0.2, 0) is 11.2 Å². The first-order valence-corrected chi connectivity index (χ1v) is 3.44. The number of hydrogen-bond donors (Lipinski definition) is 1. The molecule has 0 bridgehead atoms. The van der Waals surface area contributed by atoms with Gasteiger partial charge in [0.2, 0.25) is 5.91 Å². The molecule has 0 aromatic heterocycles. The number of hydrazine groups is 1. The van der Waals surface area contributed by atoms with Crippen LogP contribution in [0.3, 0.4) is 0 Å². The molecule has 2 N–H and O–H groups in total. The number of amides is 1. The van der Waals surface area contributed by atoms with Crippen LogP contribution in [-0.4, -0.2) is 5.91 Å². The zero-order valence-corrected chi connectivity index (χ0v) is 7.17. The van der Waals surface area contributed by atoms with E-state index in [0.717, 1.165) is 11.3 Å². The molecular formula is C8H9ClN2O. The first kappa shape index (κ1) is 9.03. The summed E-state index contributed by atoms with van der Waals surface area (Å²) in [6.45, 7) is 0. The average Bonchev–Trinajstić information content (AvgIpc) is 2.30. The monoisotopic (exact) mass is 184 g/mol. The highest BCUT2D eigenvalue weighted by Gasteiger charge is 2.23. The Morgan fingerprint density at radius 2 is 2.00 bits per heavy atom. The van der Waals surface area contributed by atoms with E-state index < -0.39 is 0 Å². The normalized spacial score (nSPS) is 14.1. The summed E-state index contributed by atoms with van der Waals surface area (Å²) in [6.07, 6.45) is 0.437. The molecule has 0 saturated heterocycles. The fourth-order valence-electron chi connectivity index (χ4n) is 1.28. The average molecular weight is 185 g/mol. The lowest BCUT2D eigenvalue weighted by atomic mass is 10.2. The third kappa shape index (κ3) is 1.17. The molecule has 0 aliphatic carbocycles. The molecule has 4 heteroatoms. The Morgan fingerprint density at radius 3 is 2.67 bits per heavy atom. The summed E-state index contributed by atoms with van der Waals surface area (Å²) >= 11 is 0. The maximum Gasteiger partial charge on any atom is 0.245 e. The van der Waals surface area contributed by atoms with Crippen molar-refractivity contribution < 1.29 is 4.79 Å². The van der Waals surface area contributed by atoms with E-state index in [1.165, 1.54) is 5.01 Å². The standard InChI is InChI=1S/C8H8N2O.ClH/c9-10-7-4-2-1-3-6(7)5-8(10)11;/h1-4H,5,9H2;1H. The van der Waals surface area contributed by atoms with Gasteiger partial charge in [0.25, 0.3) is 0 Å². The third-order valence-electron chi connectivity index (χ3n) is 1.86. The summed E-state index contributed by atoms with van der Waals surface area (Å²) in [4.78, 5) is 11.0. The molecule has 0 fully saturated rings. The Bertz CT molecular complexity index is 314. The molecule has 1 heterocycles. The highest BCUT2D eigenvalue weighted by molar-refractivity contribution is 6.00. The third-order valence-corrected chi connectivity index (χ3v) is 1.86. The maximum absolute atomic E-state index is 11.0. The van der Waals surface area contributed by atoms with Crippen LogP contribution >= 0.6 is 12.4 Å². The Labute approximate surface area is 76.5 Å². The highest BCUT2D eigenvalue weighted by atomic mass is 35.5. The van der Waals surface area contributed by atoms with Crippen LogP contribution in [0.1, 0.15) is 5.56 Å². The number of nitrogens with zero attached hydrogens (tertiary/aromatic N) is 1. The molecule has 1 aliphatic heterocycles. The van der Waals surface area contributed by atoms with Crippen LogP contribution in [0.5, 0.6) is 0 Å². The molecule has 0 atom stereocenters. The Balaban J connectivity index is 0.000000720. The van der Waals surface area contributed by atoms with Crippen LogP contribution < -0.4 is 10.9 Å². The number of carbonyl (C=O) groups excluding carboxylic acids is 1. The maximum atomic E-state index is 11.0. The SMILES string of the molecule is Cl.NN1C(=O)Cc2ccccc21. The molecule has 0 unspecified atom stereocenters. The summed E-state index contributed by atoms with van der Waals surface area (Å²) < 4.78 is 0. The fourth-order valence-corrected chi connectivity index (χ4v) is 1.28. The largest absolute Gasteiger partial charge is 0.273 e. The van der Waals surface area contributed by atoms with Crippen molar-refractivity contribution in [1.82, 2.24) is 0 Å². The van der Waals surface area contributed by atoms with Gasteiger partial charge in [-0.15, -0.1) is 12.4 Å². The summed E-state index contributed by atoms with van der Waals surface area (Å²) in [6, 6.07) is 7.54. The van der Waals surface area contributed by atoms with E-state index in [2.05, 4.69) is 0 Å². The van der Waals surface area contributed by atoms with E-state index in [9.17, 15) is 4.79 Å². The van der Waals surface area contributed by atoms with Gasteiger partial charge in [0, 0.05) is 0 Å². The van der Waals surface area contributed by atoms with Crippen molar-refractivity contribution in [3.05, 3.63) is 29.8 Å². The van der Waals surface area contributed by atoms with E-state index in [-0.39, 0.29) is 18.3 Å². The summed E-state index contributed by atoms with van der Waals surface area (Å²) in [5.74, 6) is 5.44. The Morgan fingerprint density at radius 1 is 1.33 bits per heavy atom. The van der Waals surface area contributed by atoms with Crippen molar-refractivity contribution >= 4 is 24.0 Å². The fraction of sp³-hybridized carbons (Fsp3) is 0.125. The second-order valence-corrected chi connectivity index (χ2v) is 2.57. The first-order valence-electron chi connectivity index (χ1n) is 3.44. The van der Waals surface area contributed by atoms with Gasteiger partial charge >= 0.3 is 0 Å². The van der Waals surface area contributed by atoms with Crippen molar-refractivity contribution in [3.8, 4) is 0 Å². The van der Waals surface area contributed by atoms with Crippen LogP contribution in [0.4, 0.5) is 5.69 Å². The topological polar surface area (TPSA) is 46.3 Å². The number of carbonyl (C=O) groups is 1. The minimum atomic E-state index is -0.0359. The number of fused-ring (bicyclic) bond motifs is 1. The quantitative estimate of drug-likeness (QED) is 0.481. The highest BCUT2D eigenvalue weighted by Crippen LogP contribution is 2.24. The molecular weight excluding hydrogens is 176 g/mol. The summed E-state index contributed by atoms with van der Waals surface area (Å²) in [5, 5.41) is 1.20. The first-order chi connectivity index (χ1) is 5.29. The lowest BCUT2D eigenvalue weighted by Gasteiger charge is -2.07. The van der Waals surface area contributed by atoms with Gasteiger partial charge in [0.15, 0.2) is 0 Å². The van der Waals surface area contributed by atoms with Crippen LogP contribution in [0.2, 0.25) is 0 Å². The Kier molecular flexibility index (Phi) is 2.35. The second-order valence-electron chi connectivity index (χ2n) is 2.57. The van der Waals surface area contributed by atoms with Crippen LogP contribution in [0.15, 0.2) is 24.3 Å². The molecule has 0 spiro atoms. The van der Waals surface area contributed by atoms with Gasteiger partial charge in [-0.3, -0.25) is 4.79 Å². The van der Waals surface area contributed by atoms with Gasteiger partial charge in [-0.05, 0) is 11.6 Å². The van der Waals surface area contributed by atoms with Gasteiger partial charge in [-0.25, -0.2) is 10.9 Å². The lowest BCUT2D eigenvalue weighted by Crippen LogP contribution is -2.33. The molecule has 0 radical (unpaired) electrons. The van der Waals surface area contributed by atoms with Gasteiger partial charge in [0.05, 0.1) is 12.1 Å². The smallest absolute Gasteiger partial charge is 0.245 e. The van der Waals surface area contributed by atoms with Crippen molar-refractivity contribution in [2.75, 3.05) is 5.01 Å². The molecule has 3 nitrogen and oxygen atoms in total. The van der Waals surface area contributed by atoms with Crippen molar-refractivity contribution in [2.24, 2.45) is 5.84 Å². The lowest BCUT2D eigenvalue weighted by molar-refractivity contribution is -0.117. The number of benzene rings is 1. The molecule has 2 rings (SSSR count). The predicted octanol–water partition coefficient (Wildman–Crippen LogP) is 0.871. The molecule has 1 aromatic rings. The predicted molar refractivity (Wildman–Crippen MR) is 49.1 cm³/mol. The minimum absolute atomic E-state index is 0. The number of halogens is 1. The van der Waals surface area contributed by atoms with Crippen molar-refractivity contribution in [1.29, 1.82) is 0 Å². The Hall–Kier alpha value is -1.06. The van der Waals surface area contributed by atoms with Crippen LogP contribution in [0.25, 0.3) is 0 Å². The zero-order valence-electron chi connectivity index (χ0n) is 6.36. The minimum Gasteiger partial charge on any atom is -0.273 e. The van der Waals surface area contributed by atoms with Gasteiger partial charge in [0.1, 0.15) is 0 Å². The number of nitrogens with two attached hydrogens (primary N) is 1. The van der Waals surface area contributed by atoms with Crippen molar-refractivity contribution in [2.45, 2.75) is 6.42 Å². The summed E-state index contributed by atoms with van der Waals surface area (Å²) in [7, 11) is 0. The van der Waals surface area contributed by atoms with E-state index in [1.807, 2.05) is 24.3 Å². The zero-order chi connectivity index (χ0) is 7.84. The van der Waals surface area contributed by atoms with E-state index in [0.29, 0.717) is 6.42 Å². The van der Waals surface area contributed by atoms with Crippen LogP contribution in [0, 0.1) is 0 Å². The molecule has 0 saturated carbocycles. The van der Waals surface area contributed by atoms with Gasteiger partial charge in [-0.2, -0.15) is 0 Å². The number of anilines is 1. The van der Waals surface area contributed by atoms with E-state index in [4.69, 9.17) is 5.84 Å². The second kappa shape index (κ2) is 3.13. The molecule has 64 valence electrons. The molecule has 12 heavy (non-hydrogen) atoms. The number of para-hydroxylation sites is 1. The number of rotatable bonds is 0. The van der Waals surface area contributed by atoms with Crippen molar-refractivity contribution in [3.63, 3.8) is 0 Å². The molecule has 1 amide bonds. The summed E-state index contributed by atoms with van der Waals surface area (Å²) in [5.41, 5.74) is 1.84.